The number of rotatable bonds is 5. The SMILES string of the molecule is Cc1ccc(C(=O)N2CC[C@@H](N3CCN(C)CC3)[C@@H](CCC(=O)O)C2)cc1O. The Labute approximate surface area is 166 Å². The number of aliphatic carboxylic acids is 1. The van der Waals surface area contributed by atoms with Gasteiger partial charge in [-0.2, -0.15) is 0 Å². The lowest BCUT2D eigenvalue weighted by molar-refractivity contribution is -0.137. The summed E-state index contributed by atoms with van der Waals surface area (Å²) in [4.78, 5) is 30.7. The van der Waals surface area contributed by atoms with E-state index in [9.17, 15) is 14.7 Å². The Morgan fingerprint density at radius 3 is 2.50 bits per heavy atom. The summed E-state index contributed by atoms with van der Waals surface area (Å²) < 4.78 is 0. The topological polar surface area (TPSA) is 84.3 Å². The van der Waals surface area contributed by atoms with Crippen LogP contribution in [0.4, 0.5) is 0 Å². The van der Waals surface area contributed by atoms with Crippen molar-refractivity contribution >= 4 is 11.9 Å². The highest BCUT2D eigenvalue weighted by molar-refractivity contribution is 5.94. The normalized spacial score (nSPS) is 24.3. The number of likely N-dealkylation sites (N-methyl/N-ethyl adjacent to an activating group) is 1. The number of piperazine rings is 1. The number of hydrogen-bond donors (Lipinski definition) is 2. The van der Waals surface area contributed by atoms with Crippen molar-refractivity contribution in [2.45, 2.75) is 32.2 Å². The summed E-state index contributed by atoms with van der Waals surface area (Å²) in [5.74, 6) is -0.603. The molecule has 7 nitrogen and oxygen atoms in total. The predicted molar refractivity (Wildman–Crippen MR) is 107 cm³/mol. The third-order valence-electron chi connectivity index (χ3n) is 6.17. The van der Waals surface area contributed by atoms with E-state index in [2.05, 4.69) is 16.8 Å². The van der Waals surface area contributed by atoms with Gasteiger partial charge in [-0.05, 0) is 50.4 Å². The summed E-state index contributed by atoms with van der Waals surface area (Å²) >= 11 is 0. The molecular formula is C21H31N3O4. The lowest BCUT2D eigenvalue weighted by Crippen LogP contribution is -2.57. The van der Waals surface area contributed by atoms with Crippen LogP contribution in [0.1, 0.15) is 35.2 Å². The van der Waals surface area contributed by atoms with E-state index < -0.39 is 5.97 Å². The second kappa shape index (κ2) is 8.92. The predicted octanol–water partition coefficient (Wildman–Crippen LogP) is 1.64. The molecule has 0 saturated carbocycles. The molecule has 2 N–H and O–H groups in total. The molecule has 1 aromatic rings. The third-order valence-corrected chi connectivity index (χ3v) is 6.17. The van der Waals surface area contributed by atoms with Gasteiger partial charge in [0, 0.05) is 57.3 Å². The number of likely N-dealkylation sites (tertiary alicyclic amines) is 1. The first-order valence-electron chi connectivity index (χ1n) is 10.1. The number of benzene rings is 1. The molecule has 2 atom stereocenters. The molecular weight excluding hydrogens is 358 g/mol. The zero-order chi connectivity index (χ0) is 20.3. The number of hydrogen-bond acceptors (Lipinski definition) is 5. The van der Waals surface area contributed by atoms with Crippen LogP contribution >= 0.6 is 0 Å². The highest BCUT2D eigenvalue weighted by Crippen LogP contribution is 2.29. The fraction of sp³-hybridized carbons (Fsp3) is 0.619. The van der Waals surface area contributed by atoms with Gasteiger partial charge in [-0.3, -0.25) is 14.5 Å². The molecule has 0 bridgehead atoms. The second-order valence-electron chi connectivity index (χ2n) is 8.14. The molecule has 3 rings (SSSR count). The van der Waals surface area contributed by atoms with Gasteiger partial charge in [-0.1, -0.05) is 6.07 Å². The number of piperidine rings is 1. The van der Waals surface area contributed by atoms with E-state index in [1.165, 1.54) is 6.07 Å². The molecule has 0 unspecified atom stereocenters. The number of phenols is 1. The number of aromatic hydroxyl groups is 1. The van der Waals surface area contributed by atoms with Gasteiger partial charge >= 0.3 is 5.97 Å². The van der Waals surface area contributed by atoms with Crippen LogP contribution < -0.4 is 0 Å². The highest BCUT2D eigenvalue weighted by Gasteiger charge is 2.36. The maximum absolute atomic E-state index is 13.0. The molecule has 1 amide bonds. The minimum absolute atomic E-state index is 0.0903. The van der Waals surface area contributed by atoms with Crippen LogP contribution in [0.25, 0.3) is 0 Å². The van der Waals surface area contributed by atoms with E-state index in [-0.39, 0.29) is 24.0 Å². The Hall–Kier alpha value is -2.12. The lowest BCUT2D eigenvalue weighted by atomic mass is 9.86. The number of carboxylic acids is 1. The summed E-state index contributed by atoms with van der Waals surface area (Å²) in [6.07, 6.45) is 1.56. The summed E-state index contributed by atoms with van der Waals surface area (Å²) in [5.41, 5.74) is 1.22. The standard InChI is InChI=1S/C21H31N3O4/c1-15-3-4-16(13-19(15)25)21(28)24-8-7-18(17(14-24)5-6-20(26)27)23-11-9-22(2)10-12-23/h3-4,13,17-18,25H,5-12,14H2,1-2H3,(H,26,27)/t17-,18+/m0/s1. The van der Waals surface area contributed by atoms with Crippen molar-refractivity contribution in [3.63, 3.8) is 0 Å². The Morgan fingerprint density at radius 2 is 1.86 bits per heavy atom. The molecule has 2 saturated heterocycles. The molecule has 0 spiro atoms. The van der Waals surface area contributed by atoms with Crippen LogP contribution in [0.5, 0.6) is 5.75 Å². The van der Waals surface area contributed by atoms with Crippen LogP contribution in [0.15, 0.2) is 18.2 Å². The van der Waals surface area contributed by atoms with Crippen molar-refractivity contribution in [2.24, 2.45) is 5.92 Å². The summed E-state index contributed by atoms with van der Waals surface area (Å²) in [6.45, 7) is 7.05. The van der Waals surface area contributed by atoms with Crippen molar-refractivity contribution in [1.82, 2.24) is 14.7 Å². The maximum atomic E-state index is 13.0. The zero-order valence-corrected chi connectivity index (χ0v) is 16.8. The number of carbonyl (C=O) groups is 2. The van der Waals surface area contributed by atoms with Gasteiger partial charge < -0.3 is 20.0 Å². The molecule has 2 aliphatic rings. The van der Waals surface area contributed by atoms with Crippen molar-refractivity contribution in [3.05, 3.63) is 29.3 Å². The summed E-state index contributed by atoms with van der Waals surface area (Å²) in [7, 11) is 2.12. The first kappa shape index (κ1) is 20.6. The molecule has 1 aromatic carbocycles. The number of amides is 1. The van der Waals surface area contributed by atoms with Crippen LogP contribution in [0.3, 0.4) is 0 Å². The smallest absolute Gasteiger partial charge is 0.303 e. The third kappa shape index (κ3) is 4.83. The summed E-state index contributed by atoms with van der Waals surface area (Å²) in [6, 6.07) is 5.34. The molecule has 7 heteroatoms. The van der Waals surface area contributed by atoms with Crippen LogP contribution in [-0.2, 0) is 4.79 Å². The average molecular weight is 389 g/mol. The Kier molecular flexibility index (Phi) is 6.57. The minimum atomic E-state index is -0.788. The van der Waals surface area contributed by atoms with Gasteiger partial charge in [-0.25, -0.2) is 0 Å². The second-order valence-corrected chi connectivity index (χ2v) is 8.14. The quantitative estimate of drug-likeness (QED) is 0.797. The summed E-state index contributed by atoms with van der Waals surface area (Å²) in [5, 5.41) is 19.1. The number of carbonyl (C=O) groups excluding carboxylic acids is 1. The first-order valence-corrected chi connectivity index (χ1v) is 10.1. The fourth-order valence-electron chi connectivity index (χ4n) is 4.36. The van der Waals surface area contributed by atoms with E-state index in [0.29, 0.717) is 31.1 Å². The molecule has 2 aliphatic heterocycles. The van der Waals surface area contributed by atoms with Gasteiger partial charge in [0.2, 0.25) is 0 Å². The monoisotopic (exact) mass is 389 g/mol. The number of phenolic OH excluding ortho intramolecular Hbond substituents is 1. The van der Waals surface area contributed by atoms with E-state index in [0.717, 1.165) is 38.2 Å². The van der Waals surface area contributed by atoms with Crippen LogP contribution in [-0.4, -0.2) is 89.1 Å². The molecule has 0 aliphatic carbocycles. The average Bonchev–Trinajstić information content (AvgIpc) is 2.68. The van der Waals surface area contributed by atoms with Gasteiger partial charge in [-0.15, -0.1) is 0 Å². The largest absolute Gasteiger partial charge is 0.508 e. The van der Waals surface area contributed by atoms with Crippen molar-refractivity contribution in [1.29, 1.82) is 0 Å². The van der Waals surface area contributed by atoms with E-state index in [4.69, 9.17) is 5.11 Å². The molecule has 0 radical (unpaired) electrons. The van der Waals surface area contributed by atoms with Gasteiger partial charge in [0.1, 0.15) is 5.75 Å². The number of carboxylic acid groups (broad SMARTS) is 1. The molecule has 2 heterocycles. The maximum Gasteiger partial charge on any atom is 0.303 e. The lowest BCUT2D eigenvalue weighted by Gasteiger charge is -2.46. The van der Waals surface area contributed by atoms with E-state index >= 15 is 0 Å². The zero-order valence-electron chi connectivity index (χ0n) is 16.8. The minimum Gasteiger partial charge on any atom is -0.508 e. The molecule has 2 fully saturated rings. The first-order chi connectivity index (χ1) is 13.3. The Bertz CT molecular complexity index is 716. The van der Waals surface area contributed by atoms with Crippen LogP contribution in [0, 0.1) is 12.8 Å². The van der Waals surface area contributed by atoms with Gasteiger partial charge in [0.15, 0.2) is 0 Å². The van der Waals surface area contributed by atoms with Crippen molar-refractivity contribution < 1.29 is 19.8 Å². The van der Waals surface area contributed by atoms with E-state index in [1.807, 2.05) is 4.90 Å². The molecule has 0 aromatic heterocycles. The molecule has 28 heavy (non-hydrogen) atoms. The molecule has 154 valence electrons. The van der Waals surface area contributed by atoms with Crippen molar-refractivity contribution in [3.8, 4) is 5.75 Å². The Morgan fingerprint density at radius 1 is 1.14 bits per heavy atom. The van der Waals surface area contributed by atoms with Crippen molar-refractivity contribution in [2.75, 3.05) is 46.3 Å². The van der Waals surface area contributed by atoms with E-state index in [1.54, 1.807) is 19.1 Å². The van der Waals surface area contributed by atoms with Crippen LogP contribution in [0.2, 0.25) is 0 Å². The Balaban J connectivity index is 1.71. The highest BCUT2D eigenvalue weighted by atomic mass is 16.4. The van der Waals surface area contributed by atoms with Gasteiger partial charge in [0.05, 0.1) is 0 Å². The number of aryl methyl sites for hydroxylation is 1. The fourth-order valence-corrected chi connectivity index (χ4v) is 4.36. The number of nitrogens with zero attached hydrogens (tertiary/aromatic N) is 3. The van der Waals surface area contributed by atoms with Gasteiger partial charge in [0.25, 0.3) is 5.91 Å².